The van der Waals surface area contributed by atoms with Crippen molar-refractivity contribution in [1.29, 1.82) is 0 Å². The Kier molecular flexibility index (Phi) is 4.18. The highest BCUT2D eigenvalue weighted by Gasteiger charge is 2.50. The Hall–Kier alpha value is -1.96. The van der Waals surface area contributed by atoms with Crippen molar-refractivity contribution in [3.63, 3.8) is 0 Å². The Labute approximate surface area is 162 Å². The highest BCUT2D eigenvalue weighted by molar-refractivity contribution is 7.99. The number of hydrogen-bond acceptors (Lipinski definition) is 6. The Bertz CT molecular complexity index is 796. The Balaban J connectivity index is 1.16. The van der Waals surface area contributed by atoms with Gasteiger partial charge >= 0.3 is 0 Å². The van der Waals surface area contributed by atoms with Gasteiger partial charge in [-0.25, -0.2) is 4.68 Å². The van der Waals surface area contributed by atoms with Gasteiger partial charge < -0.3 is 15.6 Å². The van der Waals surface area contributed by atoms with Crippen LogP contribution in [0.2, 0.25) is 0 Å². The van der Waals surface area contributed by atoms with Crippen molar-refractivity contribution in [1.82, 2.24) is 20.2 Å². The molecule has 0 aromatic carbocycles. The lowest BCUT2D eigenvalue weighted by Crippen LogP contribution is -2.51. The predicted octanol–water partition coefficient (Wildman–Crippen LogP) is 2.68. The maximum atomic E-state index is 12.4. The first-order valence-corrected chi connectivity index (χ1v) is 10.7. The lowest BCUT2D eigenvalue weighted by Gasteiger charge is -2.56. The van der Waals surface area contributed by atoms with E-state index in [4.69, 9.17) is 10.3 Å². The van der Waals surface area contributed by atoms with Gasteiger partial charge in [0.05, 0.1) is 12.0 Å². The number of furan rings is 1. The van der Waals surface area contributed by atoms with Crippen molar-refractivity contribution in [2.24, 2.45) is 23.2 Å². The second kappa shape index (κ2) is 6.58. The summed E-state index contributed by atoms with van der Waals surface area (Å²) in [6.45, 7) is 0.822. The summed E-state index contributed by atoms with van der Waals surface area (Å²) in [5, 5.41) is 11.8. The van der Waals surface area contributed by atoms with Crippen LogP contribution >= 0.6 is 11.8 Å². The zero-order chi connectivity index (χ0) is 18.4. The van der Waals surface area contributed by atoms with Crippen LogP contribution in [-0.4, -0.2) is 33.1 Å². The average Bonchev–Trinajstić information content (AvgIpc) is 3.27. The summed E-state index contributed by atoms with van der Waals surface area (Å²) in [6, 6.07) is 3.55. The molecule has 1 amide bonds. The Morgan fingerprint density at radius 1 is 1.26 bits per heavy atom. The van der Waals surface area contributed by atoms with Crippen LogP contribution in [0.25, 0.3) is 11.6 Å². The van der Waals surface area contributed by atoms with Gasteiger partial charge in [0.25, 0.3) is 0 Å². The number of nitrogens with one attached hydrogen (secondary N) is 1. The quantitative estimate of drug-likeness (QED) is 0.584. The first kappa shape index (κ1) is 17.2. The number of thioether (sulfide) groups is 1. The van der Waals surface area contributed by atoms with E-state index in [0.29, 0.717) is 27.9 Å². The highest BCUT2D eigenvalue weighted by Crippen LogP contribution is 2.59. The number of rotatable bonds is 6. The number of aromatic nitrogens is 3. The van der Waals surface area contributed by atoms with E-state index in [0.717, 1.165) is 24.3 Å². The van der Waals surface area contributed by atoms with Gasteiger partial charge in [-0.1, -0.05) is 11.8 Å². The van der Waals surface area contributed by atoms with Gasteiger partial charge in [-0.05, 0) is 73.8 Å². The van der Waals surface area contributed by atoms with E-state index in [1.165, 1.54) is 55.0 Å². The van der Waals surface area contributed by atoms with Crippen LogP contribution in [0.15, 0.2) is 28.0 Å². The molecule has 0 unspecified atom stereocenters. The number of nitrogens with two attached hydrogens (primary N) is 1. The Morgan fingerprint density at radius 2 is 1.96 bits per heavy atom. The minimum Gasteiger partial charge on any atom is -0.461 e. The van der Waals surface area contributed by atoms with Crippen LogP contribution in [0.1, 0.15) is 38.5 Å². The molecule has 4 fully saturated rings. The number of hydrogen-bond donors (Lipinski definition) is 2. The molecule has 0 radical (unpaired) electrons. The van der Waals surface area contributed by atoms with E-state index >= 15 is 0 Å². The molecular weight excluding hydrogens is 362 g/mol. The molecule has 0 aliphatic heterocycles. The number of amides is 1. The van der Waals surface area contributed by atoms with E-state index in [9.17, 15) is 4.79 Å². The van der Waals surface area contributed by atoms with E-state index in [2.05, 4.69) is 15.5 Å². The largest absolute Gasteiger partial charge is 0.461 e. The molecule has 0 spiro atoms. The SMILES string of the molecule is Nn1c(SCC(=O)NCC23CC4CC(CC(C4)C2)C3)nnc1-c1ccco1. The molecule has 2 aromatic rings. The highest BCUT2D eigenvalue weighted by atomic mass is 32.2. The molecule has 4 bridgehead atoms. The molecular formula is C19H25N5O2S. The summed E-state index contributed by atoms with van der Waals surface area (Å²) in [6.07, 6.45) is 9.74. The van der Waals surface area contributed by atoms with E-state index in [-0.39, 0.29) is 5.91 Å². The van der Waals surface area contributed by atoms with Crippen LogP contribution < -0.4 is 11.2 Å². The zero-order valence-corrected chi connectivity index (χ0v) is 16.1. The second-order valence-corrected chi connectivity index (χ2v) is 9.58. The first-order valence-electron chi connectivity index (χ1n) is 9.74. The molecule has 4 saturated carbocycles. The molecule has 6 rings (SSSR count). The van der Waals surface area contributed by atoms with Gasteiger partial charge in [0.2, 0.25) is 16.9 Å². The molecule has 2 heterocycles. The van der Waals surface area contributed by atoms with Crippen LogP contribution in [0.3, 0.4) is 0 Å². The first-order chi connectivity index (χ1) is 13.1. The Morgan fingerprint density at radius 3 is 2.59 bits per heavy atom. The molecule has 0 atom stereocenters. The summed E-state index contributed by atoms with van der Waals surface area (Å²) in [5.74, 6) is 10.1. The molecule has 0 saturated heterocycles. The summed E-state index contributed by atoms with van der Waals surface area (Å²) in [5.41, 5.74) is 0.357. The normalized spacial score (nSPS) is 31.3. The van der Waals surface area contributed by atoms with Gasteiger partial charge in [0, 0.05) is 6.54 Å². The number of carbonyl (C=O) groups is 1. The molecule has 7 nitrogen and oxygen atoms in total. The fourth-order valence-electron chi connectivity index (χ4n) is 5.92. The van der Waals surface area contributed by atoms with Crippen molar-refractivity contribution >= 4 is 17.7 Å². The fourth-order valence-corrected chi connectivity index (χ4v) is 6.61. The van der Waals surface area contributed by atoms with Crippen molar-refractivity contribution in [2.45, 2.75) is 43.7 Å². The molecule has 27 heavy (non-hydrogen) atoms. The van der Waals surface area contributed by atoms with Gasteiger partial charge in [-0.15, -0.1) is 10.2 Å². The number of carbonyl (C=O) groups excluding carboxylic acids is 1. The predicted molar refractivity (Wildman–Crippen MR) is 102 cm³/mol. The molecule has 8 heteroatoms. The van der Waals surface area contributed by atoms with Gasteiger partial charge in [0.15, 0.2) is 5.76 Å². The van der Waals surface area contributed by atoms with Crippen molar-refractivity contribution in [3.05, 3.63) is 18.4 Å². The maximum absolute atomic E-state index is 12.4. The third-order valence-corrected chi connectivity index (χ3v) is 7.51. The van der Waals surface area contributed by atoms with Crippen LogP contribution in [0.4, 0.5) is 0 Å². The minimum absolute atomic E-state index is 0.0401. The monoisotopic (exact) mass is 387 g/mol. The van der Waals surface area contributed by atoms with E-state index in [1.807, 2.05) is 0 Å². The average molecular weight is 388 g/mol. The summed E-state index contributed by atoms with van der Waals surface area (Å²) in [7, 11) is 0. The van der Waals surface area contributed by atoms with Crippen molar-refractivity contribution < 1.29 is 9.21 Å². The number of nitrogen functional groups attached to an aromatic ring is 1. The van der Waals surface area contributed by atoms with Crippen LogP contribution in [0.5, 0.6) is 0 Å². The smallest absolute Gasteiger partial charge is 0.230 e. The van der Waals surface area contributed by atoms with Crippen molar-refractivity contribution in [2.75, 3.05) is 18.1 Å². The third-order valence-electron chi connectivity index (χ3n) is 6.56. The maximum Gasteiger partial charge on any atom is 0.230 e. The molecule has 2 aromatic heterocycles. The summed E-state index contributed by atoms with van der Waals surface area (Å²) < 4.78 is 6.67. The molecule has 144 valence electrons. The van der Waals surface area contributed by atoms with Crippen LogP contribution in [-0.2, 0) is 4.79 Å². The second-order valence-electron chi connectivity index (χ2n) is 8.64. The lowest BCUT2D eigenvalue weighted by molar-refractivity contribution is -0.120. The molecule has 4 aliphatic carbocycles. The van der Waals surface area contributed by atoms with Crippen molar-refractivity contribution in [3.8, 4) is 11.6 Å². The van der Waals surface area contributed by atoms with Gasteiger partial charge in [-0.3, -0.25) is 4.79 Å². The van der Waals surface area contributed by atoms with Gasteiger partial charge in [0.1, 0.15) is 0 Å². The zero-order valence-electron chi connectivity index (χ0n) is 15.3. The van der Waals surface area contributed by atoms with Crippen LogP contribution in [0, 0.1) is 23.2 Å². The minimum atomic E-state index is 0.0401. The number of nitrogens with zero attached hydrogens (tertiary/aromatic N) is 3. The van der Waals surface area contributed by atoms with E-state index in [1.54, 1.807) is 18.4 Å². The lowest BCUT2D eigenvalue weighted by atomic mass is 9.49. The third kappa shape index (κ3) is 3.24. The molecule has 3 N–H and O–H groups in total. The van der Waals surface area contributed by atoms with E-state index < -0.39 is 0 Å². The molecule has 4 aliphatic rings. The topological polar surface area (TPSA) is 99.0 Å². The van der Waals surface area contributed by atoms with Gasteiger partial charge in [-0.2, -0.15) is 0 Å². The summed E-state index contributed by atoms with van der Waals surface area (Å²) in [4.78, 5) is 12.4. The summed E-state index contributed by atoms with van der Waals surface area (Å²) >= 11 is 1.30. The standard InChI is InChI=1S/C19H25N5O2S/c20-24-17(15-2-1-3-26-15)22-23-18(24)27-10-16(25)21-11-19-7-12-4-13(8-19)6-14(5-12)9-19/h1-3,12-14H,4-11,20H2,(H,21,25). The fraction of sp³-hybridized carbons (Fsp3) is 0.632.